The summed E-state index contributed by atoms with van der Waals surface area (Å²) in [7, 11) is 0. The van der Waals surface area contributed by atoms with Crippen molar-refractivity contribution in [3.8, 4) is 5.75 Å². The van der Waals surface area contributed by atoms with Crippen LogP contribution in [-0.4, -0.2) is 28.3 Å². The second-order valence-electron chi connectivity index (χ2n) is 6.80. The van der Waals surface area contributed by atoms with E-state index in [0.717, 1.165) is 5.56 Å². The number of carbonyl (C=O) groups is 2. The molecule has 3 aromatic carbocycles. The summed E-state index contributed by atoms with van der Waals surface area (Å²) in [6, 6.07) is 13.3. The molecule has 7 heteroatoms. The number of hydrogen-bond acceptors (Lipinski definition) is 6. The molecule has 2 N–H and O–H groups in total. The number of nitrogens with zero attached hydrogens (tertiary/aromatic N) is 2. The number of carboxylic acid groups (broad SMARTS) is 1. The lowest BCUT2D eigenvalue weighted by Crippen LogP contribution is -2.11. The molecule has 0 saturated carbocycles. The summed E-state index contributed by atoms with van der Waals surface area (Å²) in [6.07, 6.45) is -0.254. The Morgan fingerprint density at radius 3 is 2.45 bits per heavy atom. The molecule has 7 nitrogen and oxygen atoms in total. The lowest BCUT2D eigenvalue weighted by atomic mass is 10.0. The minimum Gasteiger partial charge on any atom is -0.505 e. The molecule has 0 aliphatic rings. The molecular formula is C22H20N2O5. The quantitative estimate of drug-likeness (QED) is 0.438. The molecule has 3 rings (SSSR count). The lowest BCUT2D eigenvalue weighted by molar-refractivity contribution is 0.0377. The van der Waals surface area contributed by atoms with Crippen LogP contribution < -0.4 is 0 Å². The monoisotopic (exact) mass is 392 g/mol. The highest BCUT2D eigenvalue weighted by Crippen LogP contribution is 2.39. The fourth-order valence-corrected chi connectivity index (χ4v) is 2.81. The molecule has 0 radical (unpaired) electrons. The molecule has 0 aliphatic heterocycles. The summed E-state index contributed by atoms with van der Waals surface area (Å²) in [5.74, 6) is -2.20. The van der Waals surface area contributed by atoms with Crippen LogP contribution in [0.25, 0.3) is 10.8 Å². The number of azo groups is 1. The van der Waals surface area contributed by atoms with Gasteiger partial charge >= 0.3 is 11.9 Å². The van der Waals surface area contributed by atoms with E-state index in [0.29, 0.717) is 22.0 Å². The number of rotatable bonds is 5. The first-order chi connectivity index (χ1) is 13.8. The summed E-state index contributed by atoms with van der Waals surface area (Å²) >= 11 is 0. The van der Waals surface area contributed by atoms with Crippen molar-refractivity contribution in [2.45, 2.75) is 26.9 Å². The Bertz CT molecular complexity index is 1140. The van der Waals surface area contributed by atoms with Crippen LogP contribution in [0.3, 0.4) is 0 Å². The first-order valence-corrected chi connectivity index (χ1v) is 8.99. The number of aryl methyl sites for hydroxylation is 1. The molecule has 3 aromatic rings. The zero-order valence-corrected chi connectivity index (χ0v) is 16.2. The van der Waals surface area contributed by atoms with Crippen LogP contribution in [0.4, 0.5) is 11.4 Å². The Hall–Kier alpha value is -3.74. The molecule has 0 saturated heterocycles. The third-order valence-electron chi connectivity index (χ3n) is 4.27. The minimum absolute atomic E-state index is 0.0510. The molecule has 0 amide bonds. The molecule has 0 aromatic heterocycles. The summed E-state index contributed by atoms with van der Waals surface area (Å²) in [4.78, 5) is 23.6. The van der Waals surface area contributed by atoms with Crippen molar-refractivity contribution in [1.29, 1.82) is 0 Å². The van der Waals surface area contributed by atoms with Gasteiger partial charge in [0.05, 0.1) is 17.4 Å². The van der Waals surface area contributed by atoms with Gasteiger partial charge in [-0.15, -0.1) is 5.11 Å². The van der Waals surface area contributed by atoms with Crippen LogP contribution in [-0.2, 0) is 4.74 Å². The molecule has 0 heterocycles. The predicted octanol–water partition coefficient (Wildman–Crippen LogP) is 5.53. The second kappa shape index (κ2) is 8.10. The van der Waals surface area contributed by atoms with Gasteiger partial charge in [0.25, 0.3) is 0 Å². The van der Waals surface area contributed by atoms with Crippen molar-refractivity contribution in [3.63, 3.8) is 0 Å². The SMILES string of the molecule is Cc1ccc(C(=O)OC(C)C)cc1/N=N/c1c(O)c(C(=O)O)cc2ccccc12. The van der Waals surface area contributed by atoms with E-state index in [1.165, 1.54) is 6.07 Å². The van der Waals surface area contributed by atoms with Gasteiger partial charge in [0.15, 0.2) is 5.75 Å². The molecule has 0 bridgehead atoms. The highest BCUT2D eigenvalue weighted by Gasteiger charge is 2.18. The van der Waals surface area contributed by atoms with E-state index in [-0.39, 0.29) is 17.4 Å². The van der Waals surface area contributed by atoms with E-state index in [4.69, 9.17) is 4.74 Å². The number of esters is 1. The van der Waals surface area contributed by atoms with Gasteiger partial charge in [-0.05, 0) is 49.9 Å². The van der Waals surface area contributed by atoms with Crippen molar-refractivity contribution in [3.05, 3.63) is 65.2 Å². The predicted molar refractivity (Wildman–Crippen MR) is 108 cm³/mol. The Morgan fingerprint density at radius 2 is 1.76 bits per heavy atom. The number of aromatic carboxylic acids is 1. The lowest BCUT2D eigenvalue weighted by Gasteiger charge is -2.09. The maximum absolute atomic E-state index is 12.1. The van der Waals surface area contributed by atoms with Crippen LogP contribution in [0.15, 0.2) is 58.8 Å². The third kappa shape index (κ3) is 4.24. The fraction of sp³-hybridized carbons (Fsp3) is 0.182. The number of phenols is 1. The van der Waals surface area contributed by atoms with Gasteiger partial charge in [-0.25, -0.2) is 9.59 Å². The number of hydrogen-bond donors (Lipinski definition) is 2. The van der Waals surface area contributed by atoms with E-state index in [1.807, 2.05) is 0 Å². The Morgan fingerprint density at radius 1 is 1.03 bits per heavy atom. The van der Waals surface area contributed by atoms with E-state index in [9.17, 15) is 19.8 Å². The molecule has 0 unspecified atom stereocenters. The maximum atomic E-state index is 12.1. The van der Waals surface area contributed by atoms with E-state index >= 15 is 0 Å². The van der Waals surface area contributed by atoms with Crippen molar-refractivity contribution < 1.29 is 24.5 Å². The van der Waals surface area contributed by atoms with Gasteiger partial charge in [-0.3, -0.25) is 0 Å². The average molecular weight is 392 g/mol. The highest BCUT2D eigenvalue weighted by molar-refractivity contribution is 6.04. The van der Waals surface area contributed by atoms with Crippen molar-refractivity contribution in [2.24, 2.45) is 10.2 Å². The summed E-state index contributed by atoms with van der Waals surface area (Å²) in [5, 5.41) is 29.3. The van der Waals surface area contributed by atoms with Gasteiger partial charge < -0.3 is 14.9 Å². The van der Waals surface area contributed by atoms with Crippen LogP contribution in [0, 0.1) is 6.92 Å². The number of carboxylic acids is 1. The summed E-state index contributed by atoms with van der Waals surface area (Å²) in [5.41, 5.74) is 1.28. The molecule has 29 heavy (non-hydrogen) atoms. The molecular weight excluding hydrogens is 372 g/mol. The molecule has 0 atom stereocenters. The molecule has 0 aliphatic carbocycles. The number of aromatic hydroxyl groups is 1. The standard InChI is InChI=1S/C22H20N2O5/c1-12(2)29-22(28)15-9-8-13(3)18(11-15)23-24-19-16-7-5-4-6-14(16)10-17(20(19)25)21(26)27/h4-12,25H,1-3H3,(H,26,27)/b24-23+. The van der Waals surface area contributed by atoms with Crippen LogP contribution in [0.5, 0.6) is 5.75 Å². The van der Waals surface area contributed by atoms with Crippen molar-refractivity contribution in [2.75, 3.05) is 0 Å². The molecule has 148 valence electrons. The largest absolute Gasteiger partial charge is 0.505 e. The highest BCUT2D eigenvalue weighted by atomic mass is 16.5. The van der Waals surface area contributed by atoms with Crippen molar-refractivity contribution in [1.82, 2.24) is 0 Å². The normalized spacial score (nSPS) is 11.3. The van der Waals surface area contributed by atoms with Gasteiger partial charge in [0.2, 0.25) is 0 Å². The zero-order chi connectivity index (χ0) is 21.1. The van der Waals surface area contributed by atoms with Gasteiger partial charge in [0.1, 0.15) is 11.3 Å². The molecule has 0 fully saturated rings. The number of benzene rings is 3. The summed E-state index contributed by atoms with van der Waals surface area (Å²) in [6.45, 7) is 5.32. The maximum Gasteiger partial charge on any atom is 0.339 e. The Kier molecular flexibility index (Phi) is 5.59. The first kappa shape index (κ1) is 20.0. The number of carbonyl (C=O) groups excluding carboxylic acids is 1. The minimum atomic E-state index is -1.26. The Labute approximate surface area is 167 Å². The number of ether oxygens (including phenoxy) is 1. The van der Waals surface area contributed by atoms with E-state index < -0.39 is 17.7 Å². The smallest absolute Gasteiger partial charge is 0.339 e. The average Bonchev–Trinajstić information content (AvgIpc) is 2.67. The van der Waals surface area contributed by atoms with Gasteiger partial charge in [-0.1, -0.05) is 30.3 Å². The van der Waals surface area contributed by atoms with Crippen molar-refractivity contribution >= 4 is 34.1 Å². The van der Waals surface area contributed by atoms with Crippen LogP contribution in [0.1, 0.15) is 40.1 Å². The van der Waals surface area contributed by atoms with Gasteiger partial charge in [0, 0.05) is 5.39 Å². The Balaban J connectivity index is 2.09. The van der Waals surface area contributed by atoms with E-state index in [1.54, 1.807) is 63.2 Å². The van der Waals surface area contributed by atoms with Crippen LogP contribution in [0.2, 0.25) is 0 Å². The molecule has 0 spiro atoms. The summed E-state index contributed by atoms with van der Waals surface area (Å²) < 4.78 is 5.20. The van der Waals surface area contributed by atoms with Crippen LogP contribution >= 0.6 is 0 Å². The fourth-order valence-electron chi connectivity index (χ4n) is 2.81. The van der Waals surface area contributed by atoms with Gasteiger partial charge in [-0.2, -0.15) is 5.11 Å². The number of fused-ring (bicyclic) bond motifs is 1. The first-order valence-electron chi connectivity index (χ1n) is 8.99. The van der Waals surface area contributed by atoms with E-state index in [2.05, 4.69) is 10.2 Å². The second-order valence-corrected chi connectivity index (χ2v) is 6.80. The zero-order valence-electron chi connectivity index (χ0n) is 16.2. The third-order valence-corrected chi connectivity index (χ3v) is 4.27. The topological polar surface area (TPSA) is 109 Å².